The zero-order chi connectivity index (χ0) is 9.10. The lowest BCUT2D eigenvalue weighted by Crippen LogP contribution is -1.95. The molecule has 1 heterocycles. The van der Waals surface area contributed by atoms with E-state index in [4.69, 9.17) is 4.74 Å². The molecule has 0 aliphatic heterocycles. The molecule has 0 spiro atoms. The summed E-state index contributed by atoms with van der Waals surface area (Å²) in [5.74, 6) is 0.432. The molecule has 1 aromatic carbocycles. The molecular formula is C9H7NO3. The van der Waals surface area contributed by atoms with Crippen LogP contribution >= 0.6 is 0 Å². The monoisotopic (exact) mass is 177 g/mol. The number of ether oxygens (including phenoxy) is 1. The highest BCUT2D eigenvalue weighted by Gasteiger charge is 1.98. The fourth-order valence-corrected chi connectivity index (χ4v) is 0.932. The fourth-order valence-electron chi connectivity index (χ4n) is 0.932. The van der Waals surface area contributed by atoms with Gasteiger partial charge in [-0.1, -0.05) is 18.2 Å². The van der Waals surface area contributed by atoms with Crippen molar-refractivity contribution < 1.29 is 9.15 Å². The van der Waals surface area contributed by atoms with E-state index in [1.54, 1.807) is 12.1 Å². The van der Waals surface area contributed by atoms with Gasteiger partial charge in [-0.15, -0.1) is 0 Å². The minimum atomic E-state index is -0.522. The van der Waals surface area contributed by atoms with E-state index in [1.165, 1.54) is 6.26 Å². The first kappa shape index (κ1) is 7.67. The van der Waals surface area contributed by atoms with Gasteiger partial charge >= 0.3 is 5.76 Å². The Kier molecular flexibility index (Phi) is 1.88. The van der Waals surface area contributed by atoms with E-state index < -0.39 is 5.76 Å². The number of H-pyrrole nitrogens is 1. The summed E-state index contributed by atoms with van der Waals surface area (Å²) < 4.78 is 9.75. The molecular weight excluding hydrogens is 170 g/mol. The largest absolute Gasteiger partial charge is 0.438 e. The number of benzene rings is 1. The second-order valence-electron chi connectivity index (χ2n) is 2.43. The lowest BCUT2D eigenvalue weighted by atomic mass is 10.3. The van der Waals surface area contributed by atoms with Crippen LogP contribution < -0.4 is 10.5 Å². The maximum atomic E-state index is 10.6. The third kappa shape index (κ3) is 1.79. The SMILES string of the molecule is O=c1[nH]c(Oc2ccccc2)co1. The molecule has 0 saturated carbocycles. The van der Waals surface area contributed by atoms with Crippen LogP contribution in [0.25, 0.3) is 0 Å². The van der Waals surface area contributed by atoms with Crippen molar-refractivity contribution in [1.29, 1.82) is 0 Å². The second kappa shape index (κ2) is 3.18. The number of para-hydroxylation sites is 1. The van der Waals surface area contributed by atoms with Crippen molar-refractivity contribution in [1.82, 2.24) is 4.98 Å². The van der Waals surface area contributed by atoms with Gasteiger partial charge in [0, 0.05) is 0 Å². The van der Waals surface area contributed by atoms with Crippen molar-refractivity contribution in [3.8, 4) is 11.6 Å². The van der Waals surface area contributed by atoms with Crippen LogP contribution in [0.2, 0.25) is 0 Å². The summed E-state index contributed by atoms with van der Waals surface area (Å²) in [7, 11) is 0. The van der Waals surface area contributed by atoms with Crippen molar-refractivity contribution in [2.75, 3.05) is 0 Å². The van der Waals surface area contributed by atoms with Crippen LogP contribution in [0.1, 0.15) is 0 Å². The minimum Gasteiger partial charge on any atom is -0.438 e. The van der Waals surface area contributed by atoms with Crippen LogP contribution in [0.3, 0.4) is 0 Å². The van der Waals surface area contributed by atoms with Gasteiger partial charge in [0.1, 0.15) is 5.75 Å². The molecule has 1 N–H and O–H groups in total. The van der Waals surface area contributed by atoms with Gasteiger partial charge < -0.3 is 9.15 Å². The molecule has 0 saturated heterocycles. The minimum absolute atomic E-state index is 0.302. The summed E-state index contributed by atoms with van der Waals surface area (Å²) in [4.78, 5) is 13.0. The van der Waals surface area contributed by atoms with Gasteiger partial charge in [-0.25, -0.2) is 4.79 Å². The van der Waals surface area contributed by atoms with Gasteiger partial charge in [-0.05, 0) is 12.1 Å². The average Bonchev–Trinajstić information content (AvgIpc) is 2.53. The molecule has 0 atom stereocenters. The quantitative estimate of drug-likeness (QED) is 0.760. The Bertz CT molecular complexity index is 429. The molecule has 0 bridgehead atoms. The van der Waals surface area contributed by atoms with Crippen molar-refractivity contribution in [3.63, 3.8) is 0 Å². The van der Waals surface area contributed by atoms with Crippen molar-refractivity contribution >= 4 is 0 Å². The molecule has 2 rings (SSSR count). The number of oxazole rings is 1. The number of nitrogens with one attached hydrogen (secondary N) is 1. The predicted octanol–water partition coefficient (Wildman–Crippen LogP) is 1.76. The van der Waals surface area contributed by atoms with Crippen molar-refractivity contribution in [2.45, 2.75) is 0 Å². The molecule has 0 radical (unpaired) electrons. The van der Waals surface area contributed by atoms with E-state index in [2.05, 4.69) is 9.40 Å². The summed E-state index contributed by atoms with van der Waals surface area (Å²) in [6.07, 6.45) is 1.23. The Morgan fingerprint density at radius 3 is 2.62 bits per heavy atom. The van der Waals surface area contributed by atoms with E-state index >= 15 is 0 Å². The topological polar surface area (TPSA) is 55.2 Å². The normalized spacial score (nSPS) is 9.85. The maximum Gasteiger partial charge on any atom is 0.419 e. The van der Waals surface area contributed by atoms with Gasteiger partial charge in [0.2, 0.25) is 5.88 Å². The third-order valence-corrected chi connectivity index (χ3v) is 1.47. The highest BCUT2D eigenvalue weighted by atomic mass is 16.5. The summed E-state index contributed by atoms with van der Waals surface area (Å²) in [6.45, 7) is 0. The van der Waals surface area contributed by atoms with Gasteiger partial charge in [-0.2, -0.15) is 0 Å². The zero-order valence-electron chi connectivity index (χ0n) is 6.69. The number of rotatable bonds is 2. The lowest BCUT2D eigenvalue weighted by Gasteiger charge is -1.99. The molecule has 0 unspecified atom stereocenters. The molecule has 66 valence electrons. The Balaban J connectivity index is 2.20. The number of hydrogen-bond donors (Lipinski definition) is 1. The van der Waals surface area contributed by atoms with Crippen LogP contribution in [-0.4, -0.2) is 4.98 Å². The van der Waals surface area contributed by atoms with Gasteiger partial charge in [0.05, 0.1) is 0 Å². The first-order valence-corrected chi connectivity index (χ1v) is 3.75. The second-order valence-corrected chi connectivity index (χ2v) is 2.43. The van der Waals surface area contributed by atoms with E-state index in [-0.39, 0.29) is 0 Å². The lowest BCUT2D eigenvalue weighted by molar-refractivity contribution is 0.456. The molecule has 0 aliphatic carbocycles. The molecule has 0 amide bonds. The molecule has 13 heavy (non-hydrogen) atoms. The van der Waals surface area contributed by atoms with Gasteiger partial charge in [-0.3, -0.25) is 4.98 Å². The Hall–Kier alpha value is -1.97. The molecule has 0 fully saturated rings. The van der Waals surface area contributed by atoms with E-state index in [0.29, 0.717) is 11.6 Å². The summed E-state index contributed by atoms with van der Waals surface area (Å²) in [6, 6.07) is 9.13. The van der Waals surface area contributed by atoms with Crippen LogP contribution in [0.4, 0.5) is 0 Å². The smallest absolute Gasteiger partial charge is 0.419 e. The highest BCUT2D eigenvalue weighted by molar-refractivity contribution is 5.24. The number of aromatic amines is 1. The highest BCUT2D eigenvalue weighted by Crippen LogP contribution is 2.16. The third-order valence-electron chi connectivity index (χ3n) is 1.47. The summed E-state index contributed by atoms with van der Waals surface area (Å²) in [5.41, 5.74) is 0. The van der Waals surface area contributed by atoms with Crippen LogP contribution in [0, 0.1) is 0 Å². The first-order valence-electron chi connectivity index (χ1n) is 3.75. The molecule has 0 aliphatic rings. The average molecular weight is 177 g/mol. The predicted molar refractivity (Wildman–Crippen MR) is 45.8 cm³/mol. The van der Waals surface area contributed by atoms with Crippen LogP contribution in [0.15, 0.2) is 45.8 Å². The van der Waals surface area contributed by atoms with Gasteiger partial charge in [0.25, 0.3) is 0 Å². The van der Waals surface area contributed by atoms with Crippen molar-refractivity contribution in [2.24, 2.45) is 0 Å². The number of aromatic nitrogens is 1. The van der Waals surface area contributed by atoms with E-state index in [0.717, 1.165) is 0 Å². The Morgan fingerprint density at radius 2 is 2.00 bits per heavy atom. The Morgan fingerprint density at radius 1 is 1.23 bits per heavy atom. The number of hydrogen-bond acceptors (Lipinski definition) is 3. The first-order chi connectivity index (χ1) is 6.34. The fraction of sp³-hybridized carbons (Fsp3) is 0. The summed E-state index contributed by atoms with van der Waals surface area (Å²) in [5, 5.41) is 0. The molecule has 1 aromatic heterocycles. The van der Waals surface area contributed by atoms with E-state index in [1.807, 2.05) is 18.2 Å². The standard InChI is InChI=1S/C9H7NO3/c11-9-10-8(6-12-9)13-7-4-2-1-3-5-7/h1-6H,(H,10,11). The Labute approximate surface area is 73.8 Å². The van der Waals surface area contributed by atoms with Crippen LogP contribution in [0.5, 0.6) is 11.6 Å². The maximum absolute atomic E-state index is 10.6. The molecule has 4 nitrogen and oxygen atoms in total. The molecule has 4 heteroatoms. The van der Waals surface area contributed by atoms with Gasteiger partial charge in [0.15, 0.2) is 6.26 Å². The van der Waals surface area contributed by atoms with Crippen molar-refractivity contribution in [3.05, 3.63) is 47.1 Å². The van der Waals surface area contributed by atoms with E-state index in [9.17, 15) is 4.79 Å². The van der Waals surface area contributed by atoms with Crippen LogP contribution in [-0.2, 0) is 0 Å². The zero-order valence-corrected chi connectivity index (χ0v) is 6.69. The molecule has 2 aromatic rings. The summed E-state index contributed by atoms with van der Waals surface area (Å²) >= 11 is 0.